The molecule has 1 aromatic heterocycles. The van der Waals surface area contributed by atoms with E-state index < -0.39 is 16.0 Å². The van der Waals surface area contributed by atoms with E-state index >= 15 is 0 Å². The van der Waals surface area contributed by atoms with Crippen LogP contribution in [0.2, 0.25) is 0 Å². The van der Waals surface area contributed by atoms with E-state index in [0.29, 0.717) is 29.0 Å². The van der Waals surface area contributed by atoms with Gasteiger partial charge in [0.2, 0.25) is 15.9 Å². The smallest absolute Gasteiger partial charge is 0.337 e. The Hall–Kier alpha value is -3.24. The van der Waals surface area contributed by atoms with Crippen LogP contribution in [0.1, 0.15) is 22.6 Å². The van der Waals surface area contributed by atoms with E-state index in [2.05, 4.69) is 15.0 Å². The Morgan fingerprint density at radius 2 is 1.90 bits per heavy atom. The Bertz CT molecular complexity index is 1250. The number of hydrogen-bond acceptors (Lipinski definition) is 6. The van der Waals surface area contributed by atoms with E-state index in [1.54, 1.807) is 36.4 Å². The Balaban J connectivity index is 1.73. The minimum Gasteiger partial charge on any atom is -0.465 e. The van der Waals surface area contributed by atoms with Gasteiger partial charge in [0.25, 0.3) is 0 Å². The number of ether oxygens (including phenoxy) is 1. The van der Waals surface area contributed by atoms with E-state index in [9.17, 15) is 18.0 Å². The standard InChI is InChI=1S/C21H24N4O5S/c1-24(2)31(28,29)16-8-9-18-17(13-16)23-19(25(18)3)10-11-20(26)22-15-7-5-6-14(12-15)21(27)30-4/h5-9,12-13H,10-11H2,1-4H3,(H,22,26). The quantitative estimate of drug-likeness (QED) is 0.559. The van der Waals surface area contributed by atoms with Crippen LogP contribution in [0.4, 0.5) is 5.69 Å². The number of anilines is 1. The third-order valence-electron chi connectivity index (χ3n) is 4.87. The van der Waals surface area contributed by atoms with Gasteiger partial charge < -0.3 is 14.6 Å². The molecular weight excluding hydrogens is 420 g/mol. The van der Waals surface area contributed by atoms with Crippen molar-refractivity contribution in [3.05, 3.63) is 53.9 Å². The van der Waals surface area contributed by atoms with Gasteiger partial charge in [-0.05, 0) is 36.4 Å². The number of sulfonamides is 1. The summed E-state index contributed by atoms with van der Waals surface area (Å²) in [6.07, 6.45) is 0.534. The molecule has 31 heavy (non-hydrogen) atoms. The number of fused-ring (bicyclic) bond motifs is 1. The van der Waals surface area contributed by atoms with Crippen LogP contribution in [0.3, 0.4) is 0 Å². The van der Waals surface area contributed by atoms with Crippen LogP contribution >= 0.6 is 0 Å². The minimum absolute atomic E-state index is 0.165. The molecular formula is C21H24N4O5S. The number of carbonyl (C=O) groups excluding carboxylic acids is 2. The summed E-state index contributed by atoms with van der Waals surface area (Å²) in [5.41, 5.74) is 2.17. The largest absolute Gasteiger partial charge is 0.465 e. The topological polar surface area (TPSA) is 111 Å². The number of amides is 1. The fourth-order valence-electron chi connectivity index (χ4n) is 3.11. The number of methoxy groups -OCH3 is 1. The number of esters is 1. The van der Waals surface area contributed by atoms with Crippen LogP contribution in [0.15, 0.2) is 47.4 Å². The molecule has 0 aliphatic carbocycles. The van der Waals surface area contributed by atoms with Crippen molar-refractivity contribution in [2.75, 3.05) is 26.5 Å². The van der Waals surface area contributed by atoms with Gasteiger partial charge in [-0.2, -0.15) is 0 Å². The highest BCUT2D eigenvalue weighted by Crippen LogP contribution is 2.22. The molecule has 3 rings (SSSR count). The van der Waals surface area contributed by atoms with Crippen LogP contribution in [0.25, 0.3) is 11.0 Å². The molecule has 164 valence electrons. The van der Waals surface area contributed by atoms with Crippen LogP contribution in [-0.4, -0.2) is 55.4 Å². The van der Waals surface area contributed by atoms with Crippen molar-refractivity contribution in [2.45, 2.75) is 17.7 Å². The van der Waals surface area contributed by atoms with Crippen molar-refractivity contribution < 1.29 is 22.7 Å². The molecule has 0 atom stereocenters. The fourth-order valence-corrected chi connectivity index (χ4v) is 4.04. The Labute approximate surface area is 180 Å². The van der Waals surface area contributed by atoms with Crippen molar-refractivity contribution >= 4 is 38.6 Å². The third kappa shape index (κ3) is 4.75. The summed E-state index contributed by atoms with van der Waals surface area (Å²) in [4.78, 5) is 28.7. The maximum atomic E-state index is 12.4. The molecule has 0 unspecified atom stereocenters. The molecule has 0 aliphatic rings. The summed E-state index contributed by atoms with van der Waals surface area (Å²) in [6.45, 7) is 0. The summed E-state index contributed by atoms with van der Waals surface area (Å²) >= 11 is 0. The van der Waals surface area contributed by atoms with Crippen molar-refractivity contribution in [3.8, 4) is 0 Å². The number of rotatable bonds is 7. The minimum atomic E-state index is -3.56. The molecule has 0 spiro atoms. The van der Waals surface area contributed by atoms with E-state index in [0.717, 1.165) is 9.82 Å². The number of hydrogen-bond donors (Lipinski definition) is 1. The van der Waals surface area contributed by atoms with Gasteiger partial charge in [0.05, 0.1) is 28.6 Å². The first-order chi connectivity index (χ1) is 14.6. The average Bonchev–Trinajstić information content (AvgIpc) is 3.06. The van der Waals surface area contributed by atoms with Crippen LogP contribution < -0.4 is 5.32 Å². The predicted octanol–water partition coefficient (Wildman–Crippen LogP) is 2.18. The lowest BCUT2D eigenvalue weighted by Crippen LogP contribution is -2.22. The van der Waals surface area contributed by atoms with E-state index in [1.165, 1.54) is 27.3 Å². The first-order valence-corrected chi connectivity index (χ1v) is 10.9. The van der Waals surface area contributed by atoms with Crippen molar-refractivity contribution in [1.82, 2.24) is 13.9 Å². The highest BCUT2D eigenvalue weighted by molar-refractivity contribution is 7.89. The fraction of sp³-hybridized carbons (Fsp3) is 0.286. The molecule has 10 heteroatoms. The lowest BCUT2D eigenvalue weighted by atomic mass is 10.2. The number of benzene rings is 2. The summed E-state index contributed by atoms with van der Waals surface area (Å²) in [5.74, 6) is -0.0516. The molecule has 0 saturated heterocycles. The van der Waals surface area contributed by atoms with Crippen molar-refractivity contribution in [3.63, 3.8) is 0 Å². The monoisotopic (exact) mass is 444 g/mol. The van der Waals surface area contributed by atoms with Gasteiger partial charge in [-0.1, -0.05) is 6.07 Å². The molecule has 2 aromatic carbocycles. The van der Waals surface area contributed by atoms with Gasteiger partial charge >= 0.3 is 5.97 Å². The normalized spacial score (nSPS) is 11.6. The number of nitrogens with zero attached hydrogens (tertiary/aromatic N) is 3. The molecule has 1 N–H and O–H groups in total. The van der Waals surface area contributed by atoms with E-state index in [1.807, 2.05) is 11.6 Å². The highest BCUT2D eigenvalue weighted by atomic mass is 32.2. The zero-order chi connectivity index (χ0) is 22.8. The van der Waals surface area contributed by atoms with Crippen LogP contribution in [-0.2, 0) is 33.0 Å². The SMILES string of the molecule is COC(=O)c1cccc(NC(=O)CCc2nc3cc(S(=O)(=O)N(C)C)ccc3n2C)c1. The van der Waals surface area contributed by atoms with Crippen molar-refractivity contribution in [1.29, 1.82) is 0 Å². The van der Waals surface area contributed by atoms with Gasteiger partial charge in [-0.3, -0.25) is 4.79 Å². The predicted molar refractivity (Wildman–Crippen MR) is 116 cm³/mol. The first kappa shape index (κ1) is 22.4. The van der Waals surface area contributed by atoms with Crippen LogP contribution in [0.5, 0.6) is 0 Å². The molecule has 0 saturated carbocycles. The number of nitrogens with one attached hydrogen (secondary N) is 1. The first-order valence-electron chi connectivity index (χ1n) is 9.49. The molecule has 3 aromatic rings. The van der Waals surface area contributed by atoms with Crippen LogP contribution in [0, 0.1) is 0 Å². The maximum absolute atomic E-state index is 12.4. The average molecular weight is 445 g/mol. The highest BCUT2D eigenvalue weighted by Gasteiger charge is 2.19. The Kier molecular flexibility index (Phi) is 6.42. The van der Waals surface area contributed by atoms with Gasteiger partial charge in [-0.25, -0.2) is 22.5 Å². The second kappa shape index (κ2) is 8.86. The Morgan fingerprint density at radius 3 is 2.58 bits per heavy atom. The second-order valence-electron chi connectivity index (χ2n) is 7.15. The second-order valence-corrected chi connectivity index (χ2v) is 9.30. The number of imidazole rings is 1. The maximum Gasteiger partial charge on any atom is 0.337 e. The molecule has 0 bridgehead atoms. The molecule has 0 radical (unpaired) electrons. The molecule has 1 amide bonds. The Morgan fingerprint density at radius 1 is 1.16 bits per heavy atom. The molecule has 9 nitrogen and oxygen atoms in total. The summed E-state index contributed by atoms with van der Waals surface area (Å²) in [7, 11) is 2.51. The molecule has 1 heterocycles. The summed E-state index contributed by atoms with van der Waals surface area (Å²) < 4.78 is 32.4. The lowest BCUT2D eigenvalue weighted by Gasteiger charge is -2.10. The lowest BCUT2D eigenvalue weighted by molar-refractivity contribution is -0.116. The number of carbonyl (C=O) groups is 2. The number of aromatic nitrogens is 2. The van der Waals surface area contributed by atoms with E-state index in [4.69, 9.17) is 0 Å². The molecule has 0 fully saturated rings. The van der Waals surface area contributed by atoms with Gasteiger partial charge in [0, 0.05) is 39.7 Å². The zero-order valence-electron chi connectivity index (χ0n) is 17.7. The number of aryl methyl sites for hydroxylation is 2. The summed E-state index contributed by atoms with van der Waals surface area (Å²) in [6, 6.07) is 11.3. The molecule has 0 aliphatic heterocycles. The van der Waals surface area contributed by atoms with E-state index in [-0.39, 0.29) is 17.2 Å². The van der Waals surface area contributed by atoms with Crippen molar-refractivity contribution in [2.24, 2.45) is 7.05 Å². The zero-order valence-corrected chi connectivity index (χ0v) is 18.6. The van der Waals surface area contributed by atoms with Gasteiger partial charge in [-0.15, -0.1) is 0 Å². The summed E-state index contributed by atoms with van der Waals surface area (Å²) in [5, 5.41) is 2.76. The van der Waals surface area contributed by atoms with Gasteiger partial charge in [0.15, 0.2) is 0 Å². The van der Waals surface area contributed by atoms with Gasteiger partial charge in [0.1, 0.15) is 5.82 Å². The third-order valence-corrected chi connectivity index (χ3v) is 6.68.